The highest BCUT2D eigenvalue weighted by Gasteiger charge is 2.15. The summed E-state index contributed by atoms with van der Waals surface area (Å²) in [5.41, 5.74) is 0. The lowest BCUT2D eigenvalue weighted by Gasteiger charge is -2.29. The van der Waals surface area contributed by atoms with Gasteiger partial charge in [0.1, 0.15) is 11.6 Å². The van der Waals surface area contributed by atoms with E-state index in [0.29, 0.717) is 0 Å². The standard InChI is InChI=1S/C14H17N3O.ClH/c1-18-13-4-2-3-12-11(13)5-6-16-14(12)17-9-7-15-8-10-17;/h2-6,15H,7-10H2,1H3;1H. The molecule has 1 aromatic carbocycles. The molecule has 2 aromatic rings. The van der Waals surface area contributed by atoms with Crippen molar-refractivity contribution in [2.75, 3.05) is 38.2 Å². The third-order valence-corrected chi connectivity index (χ3v) is 3.38. The fraction of sp³-hybridized carbons (Fsp3) is 0.357. The van der Waals surface area contributed by atoms with E-state index in [1.54, 1.807) is 7.11 Å². The number of fused-ring (bicyclic) bond motifs is 1. The minimum Gasteiger partial charge on any atom is -0.496 e. The minimum atomic E-state index is 0. The molecule has 1 N–H and O–H groups in total. The topological polar surface area (TPSA) is 37.4 Å². The molecule has 1 saturated heterocycles. The largest absolute Gasteiger partial charge is 0.496 e. The van der Waals surface area contributed by atoms with Crippen molar-refractivity contribution in [1.82, 2.24) is 10.3 Å². The predicted molar refractivity (Wildman–Crippen MR) is 80.6 cm³/mol. The number of ether oxygens (including phenoxy) is 1. The highest BCUT2D eigenvalue weighted by molar-refractivity contribution is 5.96. The Balaban J connectivity index is 0.00000133. The van der Waals surface area contributed by atoms with Crippen LogP contribution in [0, 0.1) is 0 Å². The zero-order chi connectivity index (χ0) is 12.4. The van der Waals surface area contributed by atoms with E-state index >= 15 is 0 Å². The van der Waals surface area contributed by atoms with Crippen LogP contribution in [0.15, 0.2) is 30.5 Å². The number of nitrogens with one attached hydrogen (secondary N) is 1. The van der Waals surface area contributed by atoms with Crippen molar-refractivity contribution in [1.29, 1.82) is 0 Å². The van der Waals surface area contributed by atoms with Gasteiger partial charge in [-0.2, -0.15) is 0 Å². The maximum Gasteiger partial charge on any atom is 0.136 e. The fourth-order valence-electron chi connectivity index (χ4n) is 2.47. The molecule has 2 heterocycles. The van der Waals surface area contributed by atoms with Crippen LogP contribution in [0.4, 0.5) is 5.82 Å². The van der Waals surface area contributed by atoms with Crippen molar-refractivity contribution in [3.63, 3.8) is 0 Å². The van der Waals surface area contributed by atoms with Crippen LogP contribution in [-0.4, -0.2) is 38.3 Å². The lowest BCUT2D eigenvalue weighted by molar-refractivity contribution is 0.420. The van der Waals surface area contributed by atoms with Crippen molar-refractivity contribution in [3.05, 3.63) is 30.5 Å². The lowest BCUT2D eigenvalue weighted by atomic mass is 10.1. The third-order valence-electron chi connectivity index (χ3n) is 3.38. The first-order valence-electron chi connectivity index (χ1n) is 6.27. The zero-order valence-corrected chi connectivity index (χ0v) is 11.7. The summed E-state index contributed by atoms with van der Waals surface area (Å²) in [7, 11) is 1.71. The average Bonchev–Trinajstić information content (AvgIpc) is 2.47. The molecule has 5 heteroatoms. The van der Waals surface area contributed by atoms with Gasteiger partial charge < -0.3 is 15.0 Å². The number of hydrogen-bond acceptors (Lipinski definition) is 4. The quantitative estimate of drug-likeness (QED) is 0.913. The summed E-state index contributed by atoms with van der Waals surface area (Å²) in [6.07, 6.45) is 1.86. The molecule has 4 nitrogen and oxygen atoms in total. The zero-order valence-electron chi connectivity index (χ0n) is 10.9. The molecule has 102 valence electrons. The number of anilines is 1. The number of aromatic nitrogens is 1. The van der Waals surface area contributed by atoms with Gasteiger partial charge in [0.25, 0.3) is 0 Å². The molecule has 0 spiro atoms. The van der Waals surface area contributed by atoms with Crippen molar-refractivity contribution in [3.8, 4) is 5.75 Å². The third kappa shape index (κ3) is 2.60. The molecule has 19 heavy (non-hydrogen) atoms. The van der Waals surface area contributed by atoms with Gasteiger partial charge in [-0.15, -0.1) is 12.4 Å². The number of rotatable bonds is 2. The number of nitrogens with zero attached hydrogens (tertiary/aromatic N) is 2. The Kier molecular flexibility index (Phi) is 4.45. The summed E-state index contributed by atoms with van der Waals surface area (Å²) < 4.78 is 5.41. The Hall–Kier alpha value is -1.52. The SMILES string of the molecule is COc1cccc2c(N3CCNCC3)nccc12.Cl. The summed E-state index contributed by atoms with van der Waals surface area (Å²) >= 11 is 0. The van der Waals surface area contributed by atoms with Crippen molar-refractivity contribution in [2.45, 2.75) is 0 Å². The highest BCUT2D eigenvalue weighted by Crippen LogP contribution is 2.30. The molecular weight excluding hydrogens is 262 g/mol. The number of hydrogen-bond donors (Lipinski definition) is 1. The monoisotopic (exact) mass is 279 g/mol. The molecule has 3 rings (SSSR count). The smallest absolute Gasteiger partial charge is 0.136 e. The predicted octanol–water partition coefficient (Wildman–Crippen LogP) is 2.07. The lowest BCUT2D eigenvalue weighted by Crippen LogP contribution is -2.43. The summed E-state index contributed by atoms with van der Waals surface area (Å²) in [5, 5.41) is 5.65. The first-order valence-corrected chi connectivity index (χ1v) is 6.27. The molecular formula is C14H18ClN3O. The second-order valence-corrected chi connectivity index (χ2v) is 4.43. The van der Waals surface area contributed by atoms with E-state index in [0.717, 1.165) is 43.1 Å². The Morgan fingerprint density at radius 1 is 1.16 bits per heavy atom. The molecule has 0 radical (unpaired) electrons. The summed E-state index contributed by atoms with van der Waals surface area (Å²) in [6.45, 7) is 4.04. The number of pyridine rings is 1. The molecule has 1 aromatic heterocycles. The van der Waals surface area contributed by atoms with Crippen LogP contribution in [0.1, 0.15) is 0 Å². The van der Waals surface area contributed by atoms with Crippen LogP contribution in [0.5, 0.6) is 5.75 Å². The van der Waals surface area contributed by atoms with Crippen molar-refractivity contribution < 1.29 is 4.74 Å². The Morgan fingerprint density at radius 2 is 1.95 bits per heavy atom. The van der Waals surface area contributed by atoms with E-state index in [1.807, 2.05) is 24.4 Å². The molecule has 0 aliphatic carbocycles. The summed E-state index contributed by atoms with van der Waals surface area (Å²) in [6, 6.07) is 8.14. The second-order valence-electron chi connectivity index (χ2n) is 4.43. The molecule has 1 aliphatic heterocycles. The van der Waals surface area contributed by atoms with Gasteiger partial charge in [-0.05, 0) is 12.1 Å². The first-order chi connectivity index (χ1) is 8.90. The summed E-state index contributed by atoms with van der Waals surface area (Å²) in [4.78, 5) is 6.88. The second kappa shape index (κ2) is 6.08. The van der Waals surface area contributed by atoms with E-state index in [2.05, 4.69) is 21.3 Å². The van der Waals surface area contributed by atoms with Crippen LogP contribution in [0.3, 0.4) is 0 Å². The molecule has 0 amide bonds. The number of halogens is 1. The first kappa shape index (κ1) is 13.9. The maximum absolute atomic E-state index is 5.41. The number of methoxy groups -OCH3 is 1. The van der Waals surface area contributed by atoms with Crippen molar-refractivity contribution in [2.24, 2.45) is 0 Å². The maximum atomic E-state index is 5.41. The van der Waals surface area contributed by atoms with E-state index in [-0.39, 0.29) is 12.4 Å². The summed E-state index contributed by atoms with van der Waals surface area (Å²) in [5.74, 6) is 1.97. The van der Waals surface area contributed by atoms with Crippen LogP contribution < -0.4 is 15.0 Å². The Morgan fingerprint density at radius 3 is 2.68 bits per heavy atom. The Labute approximate surface area is 119 Å². The van der Waals surface area contributed by atoms with Gasteiger partial charge in [-0.3, -0.25) is 0 Å². The van der Waals surface area contributed by atoms with Gasteiger partial charge in [-0.25, -0.2) is 4.98 Å². The Bertz CT molecular complexity index is 555. The molecule has 1 fully saturated rings. The van der Waals surface area contributed by atoms with Gasteiger partial charge in [0.2, 0.25) is 0 Å². The molecule has 0 unspecified atom stereocenters. The van der Waals surface area contributed by atoms with Gasteiger partial charge in [-0.1, -0.05) is 12.1 Å². The number of benzene rings is 1. The van der Waals surface area contributed by atoms with E-state index in [4.69, 9.17) is 4.74 Å². The average molecular weight is 280 g/mol. The van der Waals surface area contributed by atoms with E-state index in [1.165, 1.54) is 5.39 Å². The van der Waals surface area contributed by atoms with Crippen LogP contribution >= 0.6 is 12.4 Å². The van der Waals surface area contributed by atoms with Crippen LogP contribution in [0.2, 0.25) is 0 Å². The molecule has 0 bridgehead atoms. The van der Waals surface area contributed by atoms with Gasteiger partial charge in [0, 0.05) is 43.1 Å². The fourth-order valence-corrected chi connectivity index (χ4v) is 2.47. The van der Waals surface area contributed by atoms with Crippen molar-refractivity contribution >= 4 is 29.0 Å². The minimum absolute atomic E-state index is 0. The van der Waals surface area contributed by atoms with Gasteiger partial charge in [0.15, 0.2) is 0 Å². The highest BCUT2D eigenvalue weighted by atomic mass is 35.5. The molecule has 0 atom stereocenters. The van der Waals surface area contributed by atoms with Gasteiger partial charge in [0.05, 0.1) is 7.11 Å². The van der Waals surface area contributed by atoms with E-state index in [9.17, 15) is 0 Å². The van der Waals surface area contributed by atoms with Crippen LogP contribution in [0.25, 0.3) is 10.8 Å². The van der Waals surface area contributed by atoms with Crippen LogP contribution in [-0.2, 0) is 0 Å². The molecule has 0 saturated carbocycles. The normalized spacial score (nSPS) is 15.1. The van der Waals surface area contributed by atoms with Gasteiger partial charge >= 0.3 is 0 Å². The molecule has 1 aliphatic rings. The number of piperazine rings is 1. The van der Waals surface area contributed by atoms with E-state index < -0.39 is 0 Å².